The minimum absolute atomic E-state index is 0.0955. The van der Waals surface area contributed by atoms with Crippen LogP contribution in [0, 0.1) is 20.8 Å². The van der Waals surface area contributed by atoms with E-state index in [9.17, 15) is 4.79 Å². The normalized spacial score (nSPS) is 10.2. The SMILES string of the molecule is Cc1ccc(C)c(C(=O)Nc2ccc(C)nc2)c1. The Morgan fingerprint density at radius 3 is 2.56 bits per heavy atom. The molecule has 3 nitrogen and oxygen atoms in total. The fraction of sp³-hybridized carbons (Fsp3) is 0.200. The molecule has 2 aromatic rings. The molecule has 1 aromatic heterocycles. The van der Waals surface area contributed by atoms with Crippen molar-refractivity contribution in [3.8, 4) is 0 Å². The molecule has 1 amide bonds. The lowest BCUT2D eigenvalue weighted by Gasteiger charge is -2.08. The second kappa shape index (κ2) is 5.00. The standard InChI is InChI=1S/C15H16N2O/c1-10-4-5-11(2)14(8-10)15(18)17-13-7-6-12(3)16-9-13/h4-9H,1-3H3,(H,17,18). The second-order valence-corrected chi connectivity index (χ2v) is 4.46. The summed E-state index contributed by atoms with van der Waals surface area (Å²) >= 11 is 0. The number of nitrogens with one attached hydrogen (secondary N) is 1. The Labute approximate surface area is 107 Å². The average Bonchev–Trinajstić information content (AvgIpc) is 2.35. The van der Waals surface area contributed by atoms with Gasteiger partial charge in [-0.1, -0.05) is 17.7 Å². The summed E-state index contributed by atoms with van der Waals surface area (Å²) in [5, 5.41) is 2.85. The summed E-state index contributed by atoms with van der Waals surface area (Å²) < 4.78 is 0. The molecule has 1 N–H and O–H groups in total. The lowest BCUT2D eigenvalue weighted by Crippen LogP contribution is -2.13. The fourth-order valence-electron chi connectivity index (χ4n) is 1.72. The van der Waals surface area contributed by atoms with Crippen molar-refractivity contribution in [2.45, 2.75) is 20.8 Å². The van der Waals surface area contributed by atoms with E-state index in [1.807, 2.05) is 51.1 Å². The number of aryl methyl sites for hydroxylation is 3. The molecule has 0 aliphatic carbocycles. The van der Waals surface area contributed by atoms with E-state index in [0.29, 0.717) is 11.3 Å². The third-order valence-electron chi connectivity index (χ3n) is 2.81. The van der Waals surface area contributed by atoms with Crippen molar-refractivity contribution in [1.29, 1.82) is 0 Å². The van der Waals surface area contributed by atoms with Gasteiger partial charge in [0, 0.05) is 11.3 Å². The van der Waals surface area contributed by atoms with Gasteiger partial charge < -0.3 is 5.32 Å². The maximum atomic E-state index is 12.1. The summed E-state index contributed by atoms with van der Waals surface area (Å²) in [7, 11) is 0. The number of carbonyl (C=O) groups excluding carboxylic acids is 1. The summed E-state index contributed by atoms with van der Waals surface area (Å²) in [6, 6.07) is 9.58. The predicted octanol–water partition coefficient (Wildman–Crippen LogP) is 3.26. The highest BCUT2D eigenvalue weighted by Gasteiger charge is 2.09. The number of hydrogen-bond donors (Lipinski definition) is 1. The number of amides is 1. The van der Waals surface area contributed by atoms with Crippen molar-refractivity contribution in [1.82, 2.24) is 4.98 Å². The topological polar surface area (TPSA) is 42.0 Å². The molecule has 0 aliphatic rings. The van der Waals surface area contributed by atoms with Crippen molar-refractivity contribution in [2.24, 2.45) is 0 Å². The zero-order valence-corrected chi connectivity index (χ0v) is 10.8. The van der Waals surface area contributed by atoms with Gasteiger partial charge in [-0.2, -0.15) is 0 Å². The minimum atomic E-state index is -0.0955. The average molecular weight is 240 g/mol. The van der Waals surface area contributed by atoms with E-state index in [0.717, 1.165) is 16.8 Å². The number of anilines is 1. The molecule has 1 aromatic carbocycles. The van der Waals surface area contributed by atoms with E-state index in [2.05, 4.69) is 10.3 Å². The van der Waals surface area contributed by atoms with Gasteiger partial charge in [-0.15, -0.1) is 0 Å². The molecule has 0 unspecified atom stereocenters. The van der Waals surface area contributed by atoms with Gasteiger partial charge in [-0.05, 0) is 44.5 Å². The molecular weight excluding hydrogens is 224 g/mol. The highest BCUT2D eigenvalue weighted by molar-refractivity contribution is 6.05. The van der Waals surface area contributed by atoms with Crippen molar-refractivity contribution in [3.63, 3.8) is 0 Å². The molecule has 18 heavy (non-hydrogen) atoms. The van der Waals surface area contributed by atoms with Crippen LogP contribution in [-0.2, 0) is 0 Å². The van der Waals surface area contributed by atoms with E-state index < -0.39 is 0 Å². The maximum absolute atomic E-state index is 12.1. The Morgan fingerprint density at radius 1 is 1.11 bits per heavy atom. The minimum Gasteiger partial charge on any atom is -0.321 e. The summed E-state index contributed by atoms with van der Waals surface area (Å²) in [5.41, 5.74) is 4.40. The predicted molar refractivity (Wildman–Crippen MR) is 72.8 cm³/mol. The summed E-state index contributed by atoms with van der Waals surface area (Å²) in [5.74, 6) is -0.0955. The molecule has 0 atom stereocenters. The van der Waals surface area contributed by atoms with Gasteiger partial charge in [0.05, 0.1) is 11.9 Å². The molecule has 1 heterocycles. The molecule has 0 saturated heterocycles. The number of aromatic nitrogens is 1. The summed E-state index contributed by atoms with van der Waals surface area (Å²) in [6.07, 6.45) is 1.67. The quantitative estimate of drug-likeness (QED) is 0.875. The molecule has 0 bridgehead atoms. The first kappa shape index (κ1) is 12.3. The molecule has 2 rings (SSSR count). The van der Waals surface area contributed by atoms with E-state index in [1.165, 1.54) is 0 Å². The van der Waals surface area contributed by atoms with Crippen molar-refractivity contribution in [3.05, 3.63) is 58.9 Å². The van der Waals surface area contributed by atoms with Crippen LogP contribution in [0.15, 0.2) is 36.5 Å². The Hall–Kier alpha value is -2.16. The number of hydrogen-bond acceptors (Lipinski definition) is 2. The maximum Gasteiger partial charge on any atom is 0.255 e. The van der Waals surface area contributed by atoms with Crippen LogP contribution in [0.5, 0.6) is 0 Å². The monoisotopic (exact) mass is 240 g/mol. The Morgan fingerprint density at radius 2 is 1.89 bits per heavy atom. The van der Waals surface area contributed by atoms with Gasteiger partial charge in [0.15, 0.2) is 0 Å². The molecule has 3 heteroatoms. The zero-order chi connectivity index (χ0) is 13.1. The van der Waals surface area contributed by atoms with Crippen LogP contribution >= 0.6 is 0 Å². The first-order chi connectivity index (χ1) is 8.56. The second-order valence-electron chi connectivity index (χ2n) is 4.46. The summed E-state index contributed by atoms with van der Waals surface area (Å²) in [6.45, 7) is 5.82. The molecule has 92 valence electrons. The van der Waals surface area contributed by atoms with Crippen molar-refractivity contribution in [2.75, 3.05) is 5.32 Å². The molecule has 0 fully saturated rings. The van der Waals surface area contributed by atoms with Crippen LogP contribution in [0.25, 0.3) is 0 Å². The van der Waals surface area contributed by atoms with Crippen LogP contribution in [0.2, 0.25) is 0 Å². The number of nitrogens with zero attached hydrogens (tertiary/aromatic N) is 1. The van der Waals surface area contributed by atoms with E-state index in [4.69, 9.17) is 0 Å². The van der Waals surface area contributed by atoms with Crippen LogP contribution in [0.3, 0.4) is 0 Å². The van der Waals surface area contributed by atoms with Gasteiger partial charge in [0.2, 0.25) is 0 Å². The molecule has 0 spiro atoms. The molecule has 0 saturated carbocycles. The largest absolute Gasteiger partial charge is 0.321 e. The lowest BCUT2D eigenvalue weighted by atomic mass is 10.1. The summed E-state index contributed by atoms with van der Waals surface area (Å²) in [4.78, 5) is 16.3. The van der Waals surface area contributed by atoms with Crippen LogP contribution in [0.1, 0.15) is 27.2 Å². The molecule has 0 aliphatic heterocycles. The van der Waals surface area contributed by atoms with Crippen molar-refractivity contribution < 1.29 is 4.79 Å². The lowest BCUT2D eigenvalue weighted by molar-refractivity contribution is 0.102. The highest BCUT2D eigenvalue weighted by atomic mass is 16.1. The number of rotatable bonds is 2. The fourth-order valence-corrected chi connectivity index (χ4v) is 1.72. The molecular formula is C15H16N2O. The Balaban J connectivity index is 2.21. The number of benzene rings is 1. The van der Waals surface area contributed by atoms with Gasteiger partial charge in [-0.25, -0.2) is 0 Å². The Kier molecular flexibility index (Phi) is 3.42. The zero-order valence-electron chi connectivity index (χ0n) is 10.8. The van der Waals surface area contributed by atoms with E-state index in [-0.39, 0.29) is 5.91 Å². The van der Waals surface area contributed by atoms with Gasteiger partial charge >= 0.3 is 0 Å². The first-order valence-electron chi connectivity index (χ1n) is 5.87. The molecule has 0 radical (unpaired) electrons. The van der Waals surface area contributed by atoms with Gasteiger partial charge in [0.1, 0.15) is 0 Å². The number of pyridine rings is 1. The number of carbonyl (C=O) groups is 1. The highest BCUT2D eigenvalue weighted by Crippen LogP contribution is 2.13. The van der Waals surface area contributed by atoms with Gasteiger partial charge in [-0.3, -0.25) is 9.78 Å². The van der Waals surface area contributed by atoms with Crippen LogP contribution in [0.4, 0.5) is 5.69 Å². The Bertz CT molecular complexity index is 574. The third kappa shape index (κ3) is 2.74. The van der Waals surface area contributed by atoms with Gasteiger partial charge in [0.25, 0.3) is 5.91 Å². The smallest absolute Gasteiger partial charge is 0.255 e. The van der Waals surface area contributed by atoms with Crippen LogP contribution in [-0.4, -0.2) is 10.9 Å². The van der Waals surface area contributed by atoms with Crippen LogP contribution < -0.4 is 5.32 Å². The first-order valence-corrected chi connectivity index (χ1v) is 5.87. The van der Waals surface area contributed by atoms with E-state index in [1.54, 1.807) is 6.20 Å². The van der Waals surface area contributed by atoms with E-state index >= 15 is 0 Å². The third-order valence-corrected chi connectivity index (χ3v) is 2.81. The van der Waals surface area contributed by atoms with Crippen molar-refractivity contribution >= 4 is 11.6 Å².